The van der Waals surface area contributed by atoms with Gasteiger partial charge in [0.2, 0.25) is 0 Å². The van der Waals surface area contributed by atoms with Crippen molar-refractivity contribution in [2.24, 2.45) is 17.8 Å². The van der Waals surface area contributed by atoms with Gasteiger partial charge in [0.1, 0.15) is 5.78 Å². The van der Waals surface area contributed by atoms with Crippen molar-refractivity contribution in [2.45, 2.75) is 64.5 Å². The second kappa shape index (κ2) is 6.37. The lowest BCUT2D eigenvalue weighted by molar-refractivity contribution is -0.126. The minimum atomic E-state index is 0.313. The summed E-state index contributed by atoms with van der Waals surface area (Å²) in [4.78, 5) is 17.5. The predicted octanol–water partition coefficient (Wildman–Crippen LogP) is 2.80. The topological polar surface area (TPSA) is 23.6 Å². The molecule has 0 amide bonds. The molecule has 3 heteroatoms. The number of ketones is 1. The van der Waals surface area contributed by atoms with Gasteiger partial charge in [-0.1, -0.05) is 13.8 Å². The third-order valence-electron chi connectivity index (χ3n) is 6.46. The minimum absolute atomic E-state index is 0.313. The van der Waals surface area contributed by atoms with Crippen LogP contribution in [-0.2, 0) is 4.79 Å². The van der Waals surface area contributed by atoms with Crippen LogP contribution in [0.15, 0.2) is 0 Å². The van der Waals surface area contributed by atoms with E-state index in [1.807, 2.05) is 0 Å². The van der Waals surface area contributed by atoms with Crippen LogP contribution in [-0.4, -0.2) is 54.3 Å². The van der Waals surface area contributed by atoms with Crippen LogP contribution in [0.25, 0.3) is 0 Å². The second-order valence-corrected chi connectivity index (χ2v) is 8.04. The molecule has 0 aromatic carbocycles. The SMILES string of the molecule is CC(C)C1CCC(=O)C(CN2CCC3CCC(C2)N3C)C1. The predicted molar refractivity (Wildman–Crippen MR) is 86.3 cm³/mol. The Hall–Kier alpha value is -0.410. The first-order valence-corrected chi connectivity index (χ1v) is 9.01. The highest BCUT2D eigenvalue weighted by molar-refractivity contribution is 5.82. The van der Waals surface area contributed by atoms with E-state index in [0.29, 0.717) is 11.7 Å². The summed E-state index contributed by atoms with van der Waals surface area (Å²) in [6, 6.07) is 1.53. The molecule has 1 aliphatic carbocycles. The van der Waals surface area contributed by atoms with Crippen LogP contribution >= 0.6 is 0 Å². The Kier molecular flexibility index (Phi) is 4.70. The van der Waals surface area contributed by atoms with E-state index in [0.717, 1.165) is 49.7 Å². The van der Waals surface area contributed by atoms with Crippen molar-refractivity contribution < 1.29 is 4.79 Å². The van der Waals surface area contributed by atoms with Gasteiger partial charge in [0.05, 0.1) is 0 Å². The molecule has 3 rings (SSSR count). The number of carbonyl (C=O) groups is 1. The van der Waals surface area contributed by atoms with Gasteiger partial charge in [-0.2, -0.15) is 0 Å². The van der Waals surface area contributed by atoms with Crippen molar-refractivity contribution in [3.05, 3.63) is 0 Å². The fraction of sp³-hybridized carbons (Fsp3) is 0.944. The fourth-order valence-electron chi connectivity index (χ4n) is 4.79. The van der Waals surface area contributed by atoms with Crippen molar-refractivity contribution in [1.82, 2.24) is 9.80 Å². The molecule has 4 atom stereocenters. The zero-order valence-corrected chi connectivity index (χ0v) is 14.1. The lowest BCUT2D eigenvalue weighted by Crippen LogP contribution is -2.41. The highest BCUT2D eigenvalue weighted by Gasteiger charge is 2.37. The number of nitrogens with zero attached hydrogens (tertiary/aromatic N) is 2. The van der Waals surface area contributed by atoms with E-state index in [4.69, 9.17) is 0 Å². The van der Waals surface area contributed by atoms with Gasteiger partial charge in [0.15, 0.2) is 0 Å². The van der Waals surface area contributed by atoms with Gasteiger partial charge >= 0.3 is 0 Å². The van der Waals surface area contributed by atoms with Crippen molar-refractivity contribution in [1.29, 1.82) is 0 Å². The average molecular weight is 292 g/mol. The van der Waals surface area contributed by atoms with Crippen molar-refractivity contribution in [3.8, 4) is 0 Å². The lowest BCUT2D eigenvalue weighted by Gasteiger charge is -2.34. The Bertz CT molecular complexity index is 381. The molecule has 0 N–H and O–H groups in total. The summed E-state index contributed by atoms with van der Waals surface area (Å²) in [5, 5.41) is 0. The minimum Gasteiger partial charge on any atom is -0.301 e. The molecular formula is C18H32N2O. The molecule has 21 heavy (non-hydrogen) atoms. The molecule has 2 bridgehead atoms. The summed E-state index contributed by atoms with van der Waals surface area (Å²) in [7, 11) is 2.30. The Labute approximate surface area is 130 Å². The van der Waals surface area contributed by atoms with Crippen LogP contribution in [0.4, 0.5) is 0 Å². The first-order chi connectivity index (χ1) is 10.0. The molecule has 0 aromatic heterocycles. The molecule has 3 nitrogen and oxygen atoms in total. The van der Waals surface area contributed by atoms with Crippen LogP contribution < -0.4 is 0 Å². The maximum atomic E-state index is 12.3. The maximum absolute atomic E-state index is 12.3. The van der Waals surface area contributed by atoms with Crippen LogP contribution in [0, 0.1) is 17.8 Å². The molecule has 2 heterocycles. The summed E-state index contributed by atoms with van der Waals surface area (Å²) in [5.41, 5.74) is 0. The average Bonchev–Trinajstić information content (AvgIpc) is 2.69. The van der Waals surface area contributed by atoms with E-state index in [1.54, 1.807) is 0 Å². The molecule has 1 saturated carbocycles. The first kappa shape index (κ1) is 15.5. The summed E-state index contributed by atoms with van der Waals surface area (Å²) in [6.45, 7) is 8.04. The Morgan fingerprint density at radius 2 is 1.90 bits per heavy atom. The largest absolute Gasteiger partial charge is 0.301 e. The van der Waals surface area contributed by atoms with Crippen molar-refractivity contribution in [3.63, 3.8) is 0 Å². The number of likely N-dealkylation sites (tertiary alicyclic amines) is 1. The Morgan fingerprint density at radius 3 is 2.67 bits per heavy atom. The van der Waals surface area contributed by atoms with E-state index in [-0.39, 0.29) is 0 Å². The molecule has 3 fully saturated rings. The molecule has 2 aliphatic heterocycles. The molecule has 0 aromatic rings. The summed E-state index contributed by atoms with van der Waals surface area (Å²) in [6.07, 6.45) is 7.11. The number of carbonyl (C=O) groups excluding carboxylic acids is 1. The van der Waals surface area contributed by atoms with E-state index < -0.39 is 0 Å². The quantitative estimate of drug-likeness (QED) is 0.799. The smallest absolute Gasteiger partial charge is 0.137 e. The van der Waals surface area contributed by atoms with E-state index >= 15 is 0 Å². The summed E-state index contributed by atoms with van der Waals surface area (Å²) < 4.78 is 0. The molecular weight excluding hydrogens is 260 g/mol. The van der Waals surface area contributed by atoms with E-state index in [2.05, 4.69) is 30.7 Å². The first-order valence-electron chi connectivity index (χ1n) is 9.01. The van der Waals surface area contributed by atoms with E-state index in [1.165, 1.54) is 32.4 Å². The molecule has 3 aliphatic rings. The molecule has 2 saturated heterocycles. The second-order valence-electron chi connectivity index (χ2n) is 8.04. The van der Waals surface area contributed by atoms with Crippen molar-refractivity contribution in [2.75, 3.05) is 26.7 Å². The Balaban J connectivity index is 1.59. The lowest BCUT2D eigenvalue weighted by atomic mass is 9.75. The van der Waals surface area contributed by atoms with Gasteiger partial charge in [-0.15, -0.1) is 0 Å². The van der Waals surface area contributed by atoms with Crippen molar-refractivity contribution >= 4 is 5.78 Å². The third-order valence-corrected chi connectivity index (χ3v) is 6.46. The standard InChI is InChI=1S/C18H32N2O/c1-13(2)14-4-7-18(21)15(10-14)11-20-9-8-16-5-6-17(12-20)19(16)3/h13-17H,4-12H2,1-3H3. The number of hydrogen-bond acceptors (Lipinski definition) is 3. The highest BCUT2D eigenvalue weighted by Crippen LogP contribution is 2.34. The molecule has 4 unspecified atom stereocenters. The Morgan fingerprint density at radius 1 is 1.14 bits per heavy atom. The van der Waals surface area contributed by atoms with Crippen LogP contribution in [0.1, 0.15) is 52.4 Å². The molecule has 120 valence electrons. The van der Waals surface area contributed by atoms with Gasteiger partial charge in [-0.25, -0.2) is 0 Å². The summed E-state index contributed by atoms with van der Waals surface area (Å²) in [5.74, 6) is 2.34. The summed E-state index contributed by atoms with van der Waals surface area (Å²) >= 11 is 0. The zero-order chi connectivity index (χ0) is 15.0. The van der Waals surface area contributed by atoms with Crippen LogP contribution in [0.2, 0.25) is 0 Å². The number of rotatable bonds is 3. The van der Waals surface area contributed by atoms with Gasteiger partial charge in [0, 0.05) is 37.5 Å². The maximum Gasteiger partial charge on any atom is 0.137 e. The third kappa shape index (κ3) is 3.34. The molecule has 0 spiro atoms. The molecule has 0 radical (unpaired) electrons. The van der Waals surface area contributed by atoms with Crippen LogP contribution in [0.5, 0.6) is 0 Å². The monoisotopic (exact) mass is 292 g/mol. The van der Waals surface area contributed by atoms with Gasteiger partial charge in [0.25, 0.3) is 0 Å². The van der Waals surface area contributed by atoms with Crippen LogP contribution in [0.3, 0.4) is 0 Å². The van der Waals surface area contributed by atoms with Gasteiger partial charge in [-0.3, -0.25) is 9.69 Å². The number of Topliss-reactive ketones (excluding diaryl/α,β-unsaturated/α-hetero) is 1. The number of fused-ring (bicyclic) bond motifs is 2. The normalized spacial score (nSPS) is 39.0. The highest BCUT2D eigenvalue weighted by atomic mass is 16.1. The fourth-order valence-corrected chi connectivity index (χ4v) is 4.79. The number of hydrogen-bond donors (Lipinski definition) is 0. The number of likely N-dealkylation sites (N-methyl/N-ethyl adjacent to an activating group) is 1. The van der Waals surface area contributed by atoms with E-state index in [9.17, 15) is 4.79 Å². The van der Waals surface area contributed by atoms with Gasteiger partial charge < -0.3 is 4.90 Å². The van der Waals surface area contributed by atoms with Gasteiger partial charge in [-0.05, 0) is 57.5 Å². The zero-order valence-electron chi connectivity index (χ0n) is 14.1.